The summed E-state index contributed by atoms with van der Waals surface area (Å²) in [5, 5.41) is 11.4. The van der Waals surface area contributed by atoms with Gasteiger partial charge < -0.3 is 10.4 Å². The molecule has 0 aliphatic rings. The largest absolute Gasteiger partial charge is 0.476 e. The number of aromatic carboxylic acids is 1. The van der Waals surface area contributed by atoms with Gasteiger partial charge in [0.25, 0.3) is 0 Å². The van der Waals surface area contributed by atoms with Gasteiger partial charge in [0, 0.05) is 0 Å². The van der Waals surface area contributed by atoms with E-state index in [2.05, 4.69) is 20.3 Å². The molecule has 2 heterocycles. The predicted octanol–water partition coefficient (Wildman–Crippen LogP) is 2.11. The molecule has 0 radical (unpaired) electrons. The maximum Gasteiger partial charge on any atom is 0.356 e. The number of carboxylic acids is 1. The highest BCUT2D eigenvalue weighted by Gasteiger charge is 2.15. The van der Waals surface area contributed by atoms with E-state index in [4.69, 9.17) is 16.7 Å². The zero-order chi connectivity index (χ0) is 13.1. The molecule has 0 aliphatic heterocycles. The first-order valence-electron chi connectivity index (χ1n) is 4.70. The number of hydrogen-bond acceptors (Lipinski definition) is 5. The Balaban J connectivity index is 2.32. The first kappa shape index (κ1) is 12.2. The van der Waals surface area contributed by atoms with Gasteiger partial charge in [0.05, 0.1) is 11.9 Å². The molecule has 0 aromatic carbocycles. The molecular formula is C10H6ClFN4O2. The van der Waals surface area contributed by atoms with Crippen LogP contribution in [0.15, 0.2) is 24.7 Å². The van der Waals surface area contributed by atoms with Crippen molar-refractivity contribution in [2.45, 2.75) is 0 Å². The van der Waals surface area contributed by atoms with Crippen LogP contribution in [0.4, 0.5) is 15.9 Å². The highest BCUT2D eigenvalue weighted by molar-refractivity contribution is 6.35. The number of carboxylic acid groups (broad SMARTS) is 1. The molecule has 2 rings (SSSR count). The van der Waals surface area contributed by atoms with Gasteiger partial charge in [-0.1, -0.05) is 11.6 Å². The van der Waals surface area contributed by atoms with Crippen LogP contribution < -0.4 is 5.32 Å². The second kappa shape index (κ2) is 4.92. The number of rotatable bonds is 3. The van der Waals surface area contributed by atoms with E-state index in [0.29, 0.717) is 5.69 Å². The molecule has 18 heavy (non-hydrogen) atoms. The van der Waals surface area contributed by atoms with Gasteiger partial charge in [0.15, 0.2) is 11.5 Å². The van der Waals surface area contributed by atoms with E-state index in [0.717, 1.165) is 12.4 Å². The first-order chi connectivity index (χ1) is 8.58. The summed E-state index contributed by atoms with van der Waals surface area (Å²) in [6.07, 6.45) is 2.29. The summed E-state index contributed by atoms with van der Waals surface area (Å²) in [6.45, 7) is 0. The lowest BCUT2D eigenvalue weighted by molar-refractivity contribution is 0.0690. The SMILES string of the molecule is O=C(O)c1ncnc(Nc2ccc(F)nc2)c1Cl. The van der Waals surface area contributed by atoms with Crippen LogP contribution in [0.1, 0.15) is 10.5 Å². The molecule has 92 valence electrons. The van der Waals surface area contributed by atoms with Crippen LogP contribution in [0.2, 0.25) is 5.02 Å². The quantitative estimate of drug-likeness (QED) is 0.829. The summed E-state index contributed by atoms with van der Waals surface area (Å²) < 4.78 is 12.6. The Hall–Kier alpha value is -2.28. The van der Waals surface area contributed by atoms with Crippen molar-refractivity contribution in [3.8, 4) is 0 Å². The zero-order valence-corrected chi connectivity index (χ0v) is 9.52. The molecule has 0 fully saturated rings. The van der Waals surface area contributed by atoms with Crippen molar-refractivity contribution >= 4 is 29.1 Å². The van der Waals surface area contributed by atoms with Gasteiger partial charge in [-0.15, -0.1) is 0 Å². The molecule has 0 unspecified atom stereocenters. The molecule has 2 N–H and O–H groups in total. The maximum atomic E-state index is 12.6. The molecule has 8 heteroatoms. The molecule has 2 aromatic rings. The summed E-state index contributed by atoms with van der Waals surface area (Å²) in [5.41, 5.74) is 0.109. The van der Waals surface area contributed by atoms with Crippen molar-refractivity contribution in [2.24, 2.45) is 0 Å². The van der Waals surface area contributed by atoms with E-state index in [1.54, 1.807) is 0 Å². The average Bonchev–Trinajstić information content (AvgIpc) is 2.34. The van der Waals surface area contributed by atoms with Crippen LogP contribution in [0.5, 0.6) is 0 Å². The predicted molar refractivity (Wildman–Crippen MR) is 61.5 cm³/mol. The highest BCUT2D eigenvalue weighted by atomic mass is 35.5. The van der Waals surface area contributed by atoms with Gasteiger partial charge in [0.2, 0.25) is 5.95 Å². The Labute approximate surface area is 105 Å². The van der Waals surface area contributed by atoms with Gasteiger partial charge in [-0.3, -0.25) is 0 Å². The van der Waals surface area contributed by atoms with E-state index in [1.165, 1.54) is 12.3 Å². The van der Waals surface area contributed by atoms with Gasteiger partial charge in [-0.2, -0.15) is 4.39 Å². The fourth-order valence-corrected chi connectivity index (χ4v) is 1.42. The molecular weight excluding hydrogens is 263 g/mol. The molecule has 0 atom stereocenters. The molecule has 6 nitrogen and oxygen atoms in total. The van der Waals surface area contributed by atoms with Crippen LogP contribution in [-0.4, -0.2) is 26.0 Å². The summed E-state index contributed by atoms with van der Waals surface area (Å²) in [6, 6.07) is 2.57. The minimum atomic E-state index is -1.26. The van der Waals surface area contributed by atoms with Crippen molar-refractivity contribution < 1.29 is 14.3 Å². The van der Waals surface area contributed by atoms with Crippen molar-refractivity contribution in [1.82, 2.24) is 15.0 Å². The standard InChI is InChI=1S/C10H6ClFN4O2/c11-7-8(10(17)18)14-4-15-9(7)16-5-1-2-6(12)13-3-5/h1-4H,(H,17,18)(H,14,15,16). The summed E-state index contributed by atoms with van der Waals surface area (Å²) in [7, 11) is 0. The van der Waals surface area contributed by atoms with Crippen LogP contribution in [0, 0.1) is 5.95 Å². The number of hydrogen-bond donors (Lipinski definition) is 2. The minimum Gasteiger partial charge on any atom is -0.476 e. The third-order valence-corrected chi connectivity index (χ3v) is 2.34. The van der Waals surface area contributed by atoms with Crippen molar-refractivity contribution in [2.75, 3.05) is 5.32 Å². The van der Waals surface area contributed by atoms with E-state index in [1.807, 2.05) is 0 Å². The van der Waals surface area contributed by atoms with Gasteiger partial charge >= 0.3 is 5.97 Å². The Morgan fingerprint density at radius 2 is 2.11 bits per heavy atom. The topological polar surface area (TPSA) is 88.0 Å². The Morgan fingerprint density at radius 1 is 1.33 bits per heavy atom. The molecule has 2 aromatic heterocycles. The Kier molecular flexibility index (Phi) is 3.33. The third kappa shape index (κ3) is 2.51. The van der Waals surface area contributed by atoms with Crippen molar-refractivity contribution in [3.63, 3.8) is 0 Å². The monoisotopic (exact) mass is 268 g/mol. The first-order valence-corrected chi connectivity index (χ1v) is 5.08. The van der Waals surface area contributed by atoms with Crippen LogP contribution in [0.3, 0.4) is 0 Å². The summed E-state index contributed by atoms with van der Waals surface area (Å²) in [5.74, 6) is -1.78. The molecule has 0 spiro atoms. The van der Waals surface area contributed by atoms with Crippen molar-refractivity contribution in [3.05, 3.63) is 41.3 Å². The van der Waals surface area contributed by atoms with Crippen LogP contribution in [0.25, 0.3) is 0 Å². The van der Waals surface area contributed by atoms with Crippen LogP contribution >= 0.6 is 11.6 Å². The lowest BCUT2D eigenvalue weighted by Gasteiger charge is -2.07. The third-order valence-electron chi connectivity index (χ3n) is 1.98. The minimum absolute atomic E-state index is 0.109. The lowest BCUT2D eigenvalue weighted by atomic mass is 10.3. The molecule has 0 aliphatic carbocycles. The second-order valence-corrected chi connectivity index (χ2v) is 3.56. The second-order valence-electron chi connectivity index (χ2n) is 3.18. The normalized spacial score (nSPS) is 10.1. The number of halogens is 2. The maximum absolute atomic E-state index is 12.6. The Morgan fingerprint density at radius 3 is 2.72 bits per heavy atom. The average molecular weight is 269 g/mol. The fourth-order valence-electron chi connectivity index (χ4n) is 1.19. The van der Waals surface area contributed by atoms with E-state index in [9.17, 15) is 9.18 Å². The number of nitrogens with zero attached hydrogens (tertiary/aromatic N) is 3. The highest BCUT2D eigenvalue weighted by Crippen LogP contribution is 2.24. The fraction of sp³-hybridized carbons (Fsp3) is 0. The number of carbonyl (C=O) groups is 1. The van der Waals surface area contributed by atoms with Gasteiger partial charge in [0.1, 0.15) is 11.3 Å². The van der Waals surface area contributed by atoms with Crippen LogP contribution in [-0.2, 0) is 0 Å². The van der Waals surface area contributed by atoms with E-state index >= 15 is 0 Å². The summed E-state index contributed by atoms with van der Waals surface area (Å²) in [4.78, 5) is 21.6. The molecule has 0 saturated heterocycles. The zero-order valence-electron chi connectivity index (χ0n) is 8.76. The van der Waals surface area contributed by atoms with Gasteiger partial charge in [-0.25, -0.2) is 19.7 Å². The van der Waals surface area contributed by atoms with Crippen molar-refractivity contribution in [1.29, 1.82) is 0 Å². The van der Waals surface area contributed by atoms with E-state index in [-0.39, 0.29) is 16.5 Å². The van der Waals surface area contributed by atoms with E-state index < -0.39 is 11.9 Å². The molecule has 0 saturated carbocycles. The van der Waals surface area contributed by atoms with Gasteiger partial charge in [-0.05, 0) is 12.1 Å². The lowest BCUT2D eigenvalue weighted by Crippen LogP contribution is -2.05. The summed E-state index contributed by atoms with van der Waals surface area (Å²) >= 11 is 5.82. The smallest absolute Gasteiger partial charge is 0.356 e. The number of pyridine rings is 1. The molecule has 0 bridgehead atoms. The Bertz CT molecular complexity index is 591. The number of nitrogens with one attached hydrogen (secondary N) is 1. The molecule has 0 amide bonds. The number of aromatic nitrogens is 3. The number of anilines is 2.